The van der Waals surface area contributed by atoms with E-state index < -0.39 is 0 Å². The topological polar surface area (TPSA) is 80.3 Å². The van der Waals surface area contributed by atoms with E-state index in [1.54, 1.807) is 55.6 Å². The summed E-state index contributed by atoms with van der Waals surface area (Å²) in [5.41, 5.74) is 2.48. The molecule has 1 aromatic heterocycles. The number of pyridine rings is 1. The third kappa shape index (κ3) is 4.49. The third-order valence-corrected chi connectivity index (χ3v) is 3.94. The molecule has 0 atom stereocenters. The number of ketones is 1. The number of ether oxygens (including phenoxy) is 1. The molecule has 3 aromatic rings. The fourth-order valence-electron chi connectivity index (χ4n) is 2.48. The molecule has 0 fully saturated rings. The number of hydrogen-bond acceptors (Lipinski definition) is 5. The zero-order valence-electron chi connectivity index (χ0n) is 15.0. The van der Waals surface area contributed by atoms with Crippen LogP contribution in [0, 0.1) is 0 Å². The Hall–Kier alpha value is -3.67. The van der Waals surface area contributed by atoms with Gasteiger partial charge in [0.1, 0.15) is 11.6 Å². The van der Waals surface area contributed by atoms with Crippen molar-refractivity contribution in [2.24, 2.45) is 0 Å². The molecule has 136 valence electrons. The Kier molecular flexibility index (Phi) is 5.47. The van der Waals surface area contributed by atoms with E-state index in [-0.39, 0.29) is 11.7 Å². The van der Waals surface area contributed by atoms with Gasteiger partial charge in [0.25, 0.3) is 5.91 Å². The number of rotatable bonds is 6. The molecule has 2 N–H and O–H groups in total. The molecule has 0 aliphatic heterocycles. The SMILES string of the molecule is COc1ccccc1NC(=O)c1ccc(Nc2ccc(C(C)=O)cc2)nc1. The van der Waals surface area contributed by atoms with Gasteiger partial charge in [-0.15, -0.1) is 0 Å². The number of methoxy groups -OCH3 is 1. The highest BCUT2D eigenvalue weighted by Gasteiger charge is 2.10. The number of nitrogens with zero attached hydrogens (tertiary/aromatic N) is 1. The number of anilines is 3. The summed E-state index contributed by atoms with van der Waals surface area (Å²) in [6.45, 7) is 1.53. The molecule has 27 heavy (non-hydrogen) atoms. The highest BCUT2D eigenvalue weighted by Crippen LogP contribution is 2.24. The number of carbonyl (C=O) groups excluding carboxylic acids is 2. The van der Waals surface area contributed by atoms with E-state index in [4.69, 9.17) is 4.74 Å². The predicted octanol–water partition coefficient (Wildman–Crippen LogP) is 4.29. The van der Waals surface area contributed by atoms with Crippen LogP contribution in [0.15, 0.2) is 66.9 Å². The van der Waals surface area contributed by atoms with Gasteiger partial charge in [0.2, 0.25) is 0 Å². The van der Waals surface area contributed by atoms with Crippen LogP contribution in [0.1, 0.15) is 27.6 Å². The summed E-state index contributed by atoms with van der Waals surface area (Å²) in [5, 5.41) is 5.94. The van der Waals surface area contributed by atoms with Crippen LogP contribution in [0.5, 0.6) is 5.75 Å². The van der Waals surface area contributed by atoms with Gasteiger partial charge in [0, 0.05) is 17.4 Å². The first kappa shape index (κ1) is 18.1. The number of hydrogen-bond donors (Lipinski definition) is 2. The van der Waals surface area contributed by atoms with E-state index in [9.17, 15) is 9.59 Å². The Labute approximate surface area is 157 Å². The van der Waals surface area contributed by atoms with Crippen molar-refractivity contribution in [3.8, 4) is 5.75 Å². The van der Waals surface area contributed by atoms with Crippen molar-refractivity contribution in [2.45, 2.75) is 6.92 Å². The molecule has 3 rings (SSSR count). The Morgan fingerprint density at radius 2 is 1.63 bits per heavy atom. The summed E-state index contributed by atoms with van der Waals surface area (Å²) in [5.74, 6) is 0.931. The van der Waals surface area contributed by atoms with Crippen LogP contribution in [0.2, 0.25) is 0 Å². The maximum Gasteiger partial charge on any atom is 0.257 e. The molecule has 1 heterocycles. The minimum Gasteiger partial charge on any atom is -0.495 e. The van der Waals surface area contributed by atoms with Crippen molar-refractivity contribution in [2.75, 3.05) is 17.7 Å². The highest BCUT2D eigenvalue weighted by atomic mass is 16.5. The van der Waals surface area contributed by atoms with Gasteiger partial charge in [0.05, 0.1) is 18.4 Å². The lowest BCUT2D eigenvalue weighted by molar-refractivity contribution is 0.101. The number of Topliss-reactive ketones (excluding diaryl/α,β-unsaturated/α-hetero) is 1. The van der Waals surface area contributed by atoms with Crippen LogP contribution < -0.4 is 15.4 Å². The zero-order chi connectivity index (χ0) is 19.2. The van der Waals surface area contributed by atoms with Crippen LogP contribution in [-0.2, 0) is 0 Å². The van der Waals surface area contributed by atoms with Gasteiger partial charge < -0.3 is 15.4 Å². The fourth-order valence-corrected chi connectivity index (χ4v) is 2.48. The first-order valence-corrected chi connectivity index (χ1v) is 8.35. The molecule has 6 heteroatoms. The molecule has 0 saturated carbocycles. The maximum absolute atomic E-state index is 12.4. The Morgan fingerprint density at radius 3 is 2.26 bits per heavy atom. The maximum atomic E-state index is 12.4. The second-order valence-electron chi connectivity index (χ2n) is 5.85. The average Bonchev–Trinajstić information content (AvgIpc) is 2.69. The quantitative estimate of drug-likeness (QED) is 0.640. The third-order valence-electron chi connectivity index (χ3n) is 3.94. The highest BCUT2D eigenvalue weighted by molar-refractivity contribution is 6.05. The van der Waals surface area contributed by atoms with Gasteiger partial charge in [-0.1, -0.05) is 12.1 Å². The summed E-state index contributed by atoms with van der Waals surface area (Å²) >= 11 is 0. The van der Waals surface area contributed by atoms with E-state index >= 15 is 0 Å². The molecule has 0 aliphatic rings. The number of para-hydroxylation sites is 2. The van der Waals surface area contributed by atoms with Crippen molar-refractivity contribution >= 4 is 28.9 Å². The molecule has 0 bridgehead atoms. The number of carbonyl (C=O) groups is 2. The van der Waals surface area contributed by atoms with Gasteiger partial charge in [-0.25, -0.2) is 4.98 Å². The number of aromatic nitrogens is 1. The summed E-state index contributed by atoms with van der Waals surface area (Å²) in [6.07, 6.45) is 1.50. The first-order valence-electron chi connectivity index (χ1n) is 8.35. The second kappa shape index (κ2) is 8.14. The predicted molar refractivity (Wildman–Crippen MR) is 105 cm³/mol. The van der Waals surface area contributed by atoms with Crippen molar-refractivity contribution in [3.05, 3.63) is 78.0 Å². The molecule has 0 radical (unpaired) electrons. The summed E-state index contributed by atoms with van der Waals surface area (Å²) in [4.78, 5) is 28.0. The Balaban J connectivity index is 1.67. The Morgan fingerprint density at radius 1 is 0.926 bits per heavy atom. The number of nitrogens with one attached hydrogen (secondary N) is 2. The average molecular weight is 361 g/mol. The van der Waals surface area contributed by atoms with Crippen LogP contribution in [0.3, 0.4) is 0 Å². The number of benzene rings is 2. The van der Waals surface area contributed by atoms with Gasteiger partial charge in [-0.3, -0.25) is 9.59 Å². The van der Waals surface area contributed by atoms with Crippen molar-refractivity contribution in [3.63, 3.8) is 0 Å². The lowest BCUT2D eigenvalue weighted by atomic mass is 10.1. The van der Waals surface area contributed by atoms with Gasteiger partial charge in [-0.2, -0.15) is 0 Å². The molecule has 2 aromatic carbocycles. The Bertz CT molecular complexity index is 951. The zero-order valence-corrected chi connectivity index (χ0v) is 15.0. The van der Waals surface area contributed by atoms with Gasteiger partial charge in [0.15, 0.2) is 5.78 Å². The molecule has 0 spiro atoms. The van der Waals surface area contributed by atoms with Crippen LogP contribution in [0.25, 0.3) is 0 Å². The lowest BCUT2D eigenvalue weighted by Crippen LogP contribution is -2.13. The van der Waals surface area contributed by atoms with Gasteiger partial charge >= 0.3 is 0 Å². The van der Waals surface area contributed by atoms with E-state index in [1.807, 2.05) is 12.1 Å². The van der Waals surface area contributed by atoms with Crippen molar-refractivity contribution in [1.29, 1.82) is 0 Å². The lowest BCUT2D eigenvalue weighted by Gasteiger charge is -2.10. The molecular formula is C21H19N3O3. The fraction of sp³-hybridized carbons (Fsp3) is 0.0952. The van der Waals surface area contributed by atoms with Gasteiger partial charge in [-0.05, 0) is 55.5 Å². The van der Waals surface area contributed by atoms with E-state index in [2.05, 4.69) is 15.6 Å². The van der Waals surface area contributed by atoms with Crippen molar-refractivity contribution in [1.82, 2.24) is 4.98 Å². The van der Waals surface area contributed by atoms with Crippen LogP contribution in [0.4, 0.5) is 17.2 Å². The molecule has 0 aliphatic carbocycles. The summed E-state index contributed by atoms with van der Waals surface area (Å²) in [6, 6.07) is 17.7. The van der Waals surface area contributed by atoms with E-state index in [1.165, 1.54) is 13.1 Å². The molecular weight excluding hydrogens is 342 g/mol. The summed E-state index contributed by atoms with van der Waals surface area (Å²) < 4.78 is 5.23. The monoisotopic (exact) mass is 361 g/mol. The van der Waals surface area contributed by atoms with Crippen LogP contribution in [-0.4, -0.2) is 23.8 Å². The standard InChI is InChI=1S/C21H19N3O3/c1-14(25)15-7-10-17(11-8-15)23-20-12-9-16(13-22-20)21(26)24-18-5-3-4-6-19(18)27-2/h3-13H,1-2H3,(H,22,23)(H,24,26). The van der Waals surface area contributed by atoms with Crippen molar-refractivity contribution < 1.29 is 14.3 Å². The second-order valence-corrected chi connectivity index (χ2v) is 5.85. The van der Waals surface area contributed by atoms with Crippen LogP contribution >= 0.6 is 0 Å². The molecule has 0 saturated heterocycles. The van der Waals surface area contributed by atoms with E-state index in [0.29, 0.717) is 28.4 Å². The number of amides is 1. The smallest absolute Gasteiger partial charge is 0.257 e. The molecule has 0 unspecified atom stereocenters. The molecule has 1 amide bonds. The minimum atomic E-state index is -0.274. The summed E-state index contributed by atoms with van der Waals surface area (Å²) in [7, 11) is 1.55. The minimum absolute atomic E-state index is 0.0186. The van der Waals surface area contributed by atoms with E-state index in [0.717, 1.165) is 5.69 Å². The normalized spacial score (nSPS) is 10.1. The first-order chi connectivity index (χ1) is 13.1. The largest absolute Gasteiger partial charge is 0.495 e. The molecule has 6 nitrogen and oxygen atoms in total.